The van der Waals surface area contributed by atoms with Crippen molar-refractivity contribution in [2.24, 2.45) is 16.5 Å². The van der Waals surface area contributed by atoms with Gasteiger partial charge in [0.05, 0.1) is 0 Å². The van der Waals surface area contributed by atoms with Crippen molar-refractivity contribution in [3.63, 3.8) is 0 Å². The Morgan fingerprint density at radius 3 is 2.56 bits per heavy atom. The molecule has 2 amide bonds. The van der Waals surface area contributed by atoms with E-state index in [-0.39, 0.29) is 24.2 Å². The van der Waals surface area contributed by atoms with Crippen molar-refractivity contribution in [1.29, 1.82) is 0 Å². The van der Waals surface area contributed by atoms with Gasteiger partial charge in [-0.15, -0.1) is 0 Å². The first-order valence-corrected chi connectivity index (χ1v) is 10.7. The Morgan fingerprint density at radius 2 is 1.78 bits per heavy atom. The van der Waals surface area contributed by atoms with Crippen LogP contribution in [0.4, 0.5) is 0 Å². The van der Waals surface area contributed by atoms with Crippen LogP contribution in [-0.2, 0) is 22.4 Å². The molecule has 168 valence electrons. The third-order valence-electron chi connectivity index (χ3n) is 5.16. The number of guanidine groups is 1. The number of nitrogens with one attached hydrogen (secondary N) is 3. The van der Waals surface area contributed by atoms with Crippen LogP contribution in [0.3, 0.4) is 0 Å². The minimum absolute atomic E-state index is 0.000384. The van der Waals surface area contributed by atoms with Gasteiger partial charge in [-0.2, -0.15) is 0 Å². The molecule has 7 N–H and O–H groups in total. The lowest BCUT2D eigenvalue weighted by atomic mass is 10.0. The normalized spacial score (nSPS) is 11.6. The molecule has 1 aromatic heterocycles. The molecule has 8 nitrogen and oxygen atoms in total. The number of hydrogen-bond acceptors (Lipinski definition) is 3. The lowest BCUT2D eigenvalue weighted by Gasteiger charge is -2.18. The van der Waals surface area contributed by atoms with Crippen LogP contribution in [0, 0.1) is 0 Å². The average Bonchev–Trinajstić information content (AvgIpc) is 3.20. The van der Waals surface area contributed by atoms with Crippen LogP contribution in [0.1, 0.15) is 24.0 Å². The van der Waals surface area contributed by atoms with Crippen LogP contribution in [0.5, 0.6) is 0 Å². The Balaban J connectivity index is 1.63. The van der Waals surface area contributed by atoms with E-state index in [2.05, 4.69) is 20.6 Å². The van der Waals surface area contributed by atoms with Gasteiger partial charge < -0.3 is 27.1 Å². The summed E-state index contributed by atoms with van der Waals surface area (Å²) in [5.74, 6) is -0.414. The van der Waals surface area contributed by atoms with Gasteiger partial charge >= 0.3 is 0 Å². The molecule has 8 heteroatoms. The smallest absolute Gasteiger partial charge is 0.242 e. The van der Waals surface area contributed by atoms with Crippen molar-refractivity contribution in [3.05, 3.63) is 71.9 Å². The fourth-order valence-corrected chi connectivity index (χ4v) is 3.54. The van der Waals surface area contributed by atoms with Crippen LogP contribution in [-0.4, -0.2) is 41.9 Å². The number of hydrogen-bond donors (Lipinski definition) is 5. The van der Waals surface area contributed by atoms with Crippen molar-refractivity contribution in [2.45, 2.75) is 31.7 Å². The van der Waals surface area contributed by atoms with Gasteiger partial charge in [0.15, 0.2) is 5.96 Å². The molecule has 0 saturated heterocycles. The van der Waals surface area contributed by atoms with Crippen LogP contribution in [0.2, 0.25) is 0 Å². The number of aliphatic imine (C=N–C) groups is 1. The summed E-state index contributed by atoms with van der Waals surface area (Å²) in [6.07, 6.45) is 3.73. The number of aromatic nitrogens is 1. The fraction of sp³-hybridized carbons (Fsp3) is 0.292. The highest BCUT2D eigenvalue weighted by Gasteiger charge is 2.22. The Morgan fingerprint density at radius 1 is 1.03 bits per heavy atom. The Bertz CT molecular complexity index is 1060. The lowest BCUT2D eigenvalue weighted by Crippen LogP contribution is -2.48. The van der Waals surface area contributed by atoms with Crippen LogP contribution < -0.4 is 22.1 Å². The fourth-order valence-electron chi connectivity index (χ4n) is 3.54. The second-order valence-corrected chi connectivity index (χ2v) is 7.62. The number of carbonyl (C=O) groups excluding carboxylic acids is 2. The number of nitrogens with two attached hydrogens (primary N) is 2. The molecule has 0 radical (unpaired) electrons. The summed E-state index contributed by atoms with van der Waals surface area (Å²) in [5.41, 5.74) is 13.7. The number of amides is 2. The Labute approximate surface area is 187 Å². The van der Waals surface area contributed by atoms with Crippen molar-refractivity contribution >= 4 is 28.7 Å². The molecule has 0 saturated carbocycles. The van der Waals surface area contributed by atoms with Gasteiger partial charge in [-0.1, -0.05) is 48.5 Å². The first-order valence-electron chi connectivity index (χ1n) is 10.7. The molecule has 1 unspecified atom stereocenters. The van der Waals surface area contributed by atoms with Gasteiger partial charge in [0, 0.05) is 43.0 Å². The Kier molecular flexibility index (Phi) is 8.25. The van der Waals surface area contributed by atoms with E-state index < -0.39 is 6.04 Å². The second kappa shape index (κ2) is 11.5. The molecule has 1 atom stereocenters. The predicted octanol–water partition coefficient (Wildman–Crippen LogP) is 1.61. The molecule has 1 heterocycles. The molecule has 0 aliphatic carbocycles. The molecule has 0 bridgehead atoms. The summed E-state index contributed by atoms with van der Waals surface area (Å²) in [6, 6.07) is 17.2. The van der Waals surface area contributed by atoms with E-state index in [0.29, 0.717) is 25.9 Å². The zero-order valence-electron chi connectivity index (χ0n) is 18.0. The highest BCUT2D eigenvalue weighted by atomic mass is 16.2. The maximum Gasteiger partial charge on any atom is 0.242 e. The van der Waals surface area contributed by atoms with E-state index >= 15 is 0 Å². The first-order chi connectivity index (χ1) is 15.5. The minimum Gasteiger partial charge on any atom is -0.370 e. The summed E-state index contributed by atoms with van der Waals surface area (Å²) >= 11 is 0. The summed E-state index contributed by atoms with van der Waals surface area (Å²) in [7, 11) is 0. The molecular formula is C24H30N6O2. The molecule has 3 rings (SSSR count). The van der Waals surface area contributed by atoms with Crippen molar-refractivity contribution in [3.8, 4) is 0 Å². The number of rotatable bonds is 11. The number of fused-ring (bicyclic) bond motifs is 1. The van der Waals surface area contributed by atoms with Gasteiger partial charge in [-0.25, -0.2) is 0 Å². The highest BCUT2D eigenvalue weighted by Crippen LogP contribution is 2.19. The summed E-state index contributed by atoms with van der Waals surface area (Å²) < 4.78 is 0. The quantitative estimate of drug-likeness (QED) is 0.178. The number of carbonyl (C=O) groups is 2. The van der Waals surface area contributed by atoms with Gasteiger partial charge in [0.25, 0.3) is 0 Å². The van der Waals surface area contributed by atoms with E-state index in [0.717, 1.165) is 28.5 Å². The summed E-state index contributed by atoms with van der Waals surface area (Å²) in [6.45, 7) is 0.861. The van der Waals surface area contributed by atoms with Crippen LogP contribution >= 0.6 is 0 Å². The van der Waals surface area contributed by atoms with Gasteiger partial charge in [-0.05, 0) is 30.0 Å². The molecular weight excluding hydrogens is 404 g/mol. The lowest BCUT2D eigenvalue weighted by molar-refractivity contribution is -0.129. The SMILES string of the molecule is NC(N)=NCCCC(=O)NC(Cc1c[nH]c2ccccc12)C(=O)NCCc1ccccc1. The standard InChI is InChI=1S/C24H30N6O2/c25-24(26)28-13-6-11-22(31)30-21(15-18-16-29-20-10-5-4-9-19(18)20)23(32)27-14-12-17-7-2-1-3-8-17/h1-5,7-10,16,21,29H,6,11-15H2,(H,27,32)(H,30,31)(H4,25,26,28). The summed E-state index contributed by atoms with van der Waals surface area (Å²) in [4.78, 5) is 32.5. The first kappa shape index (κ1) is 22.9. The minimum atomic E-state index is -0.680. The highest BCUT2D eigenvalue weighted by molar-refractivity contribution is 5.89. The third kappa shape index (κ3) is 6.87. The molecule has 3 aromatic rings. The van der Waals surface area contributed by atoms with Crippen LogP contribution in [0.15, 0.2) is 65.8 Å². The monoisotopic (exact) mass is 434 g/mol. The molecule has 32 heavy (non-hydrogen) atoms. The van der Waals surface area contributed by atoms with E-state index in [9.17, 15) is 9.59 Å². The maximum absolute atomic E-state index is 13.0. The predicted molar refractivity (Wildman–Crippen MR) is 127 cm³/mol. The van der Waals surface area contributed by atoms with Gasteiger partial charge in [0.1, 0.15) is 6.04 Å². The van der Waals surface area contributed by atoms with E-state index in [4.69, 9.17) is 11.5 Å². The summed E-state index contributed by atoms with van der Waals surface area (Å²) in [5, 5.41) is 6.88. The number of H-pyrrole nitrogens is 1. The average molecular weight is 435 g/mol. The molecule has 0 spiro atoms. The zero-order chi connectivity index (χ0) is 22.8. The van der Waals surface area contributed by atoms with E-state index in [1.807, 2.05) is 60.8 Å². The molecule has 0 aliphatic heterocycles. The van der Waals surface area contributed by atoms with E-state index in [1.54, 1.807) is 0 Å². The number of aromatic amines is 1. The topological polar surface area (TPSA) is 138 Å². The number of nitrogens with zero attached hydrogens (tertiary/aromatic N) is 1. The Hall–Kier alpha value is -3.81. The second-order valence-electron chi connectivity index (χ2n) is 7.62. The number of benzene rings is 2. The van der Waals surface area contributed by atoms with Gasteiger partial charge in [0.2, 0.25) is 11.8 Å². The largest absolute Gasteiger partial charge is 0.370 e. The maximum atomic E-state index is 13.0. The van der Waals surface area contributed by atoms with E-state index in [1.165, 1.54) is 0 Å². The molecule has 0 fully saturated rings. The van der Waals surface area contributed by atoms with Crippen molar-refractivity contribution in [2.75, 3.05) is 13.1 Å². The molecule has 2 aromatic carbocycles. The zero-order valence-corrected chi connectivity index (χ0v) is 18.0. The third-order valence-corrected chi connectivity index (χ3v) is 5.16. The number of para-hydroxylation sites is 1. The molecule has 0 aliphatic rings. The van der Waals surface area contributed by atoms with Gasteiger partial charge in [-0.3, -0.25) is 14.6 Å². The van der Waals surface area contributed by atoms with Crippen molar-refractivity contribution in [1.82, 2.24) is 15.6 Å². The van der Waals surface area contributed by atoms with Crippen LogP contribution in [0.25, 0.3) is 10.9 Å². The van der Waals surface area contributed by atoms with Crippen molar-refractivity contribution < 1.29 is 9.59 Å².